The number of amides is 1. The van der Waals surface area contributed by atoms with Gasteiger partial charge in [-0.25, -0.2) is 8.42 Å². The van der Waals surface area contributed by atoms with Crippen molar-refractivity contribution >= 4 is 21.7 Å². The number of carbonyl (C=O) groups excluding carboxylic acids is 2. The van der Waals surface area contributed by atoms with Gasteiger partial charge in [0.15, 0.2) is 9.84 Å². The molecule has 2 aliphatic rings. The fourth-order valence-electron chi connectivity index (χ4n) is 3.49. The van der Waals surface area contributed by atoms with Gasteiger partial charge in [-0.3, -0.25) is 9.59 Å². The van der Waals surface area contributed by atoms with E-state index < -0.39 is 21.1 Å². The Balaban J connectivity index is 1.58. The minimum absolute atomic E-state index is 0.190. The molecule has 7 heteroatoms. The van der Waals surface area contributed by atoms with Crippen LogP contribution in [0.4, 0.5) is 0 Å². The Morgan fingerprint density at radius 2 is 1.60 bits per heavy atom. The molecule has 25 heavy (non-hydrogen) atoms. The van der Waals surface area contributed by atoms with Gasteiger partial charge in [-0.2, -0.15) is 0 Å². The molecule has 0 spiro atoms. The van der Waals surface area contributed by atoms with E-state index >= 15 is 0 Å². The van der Waals surface area contributed by atoms with Crippen LogP contribution in [0.5, 0.6) is 5.75 Å². The van der Waals surface area contributed by atoms with Crippen molar-refractivity contribution in [3.8, 4) is 5.75 Å². The molecule has 6 nitrogen and oxygen atoms in total. The van der Waals surface area contributed by atoms with Gasteiger partial charge < -0.3 is 9.64 Å². The summed E-state index contributed by atoms with van der Waals surface area (Å²) in [4.78, 5) is 24.9. The number of sulfone groups is 1. The molecule has 2 fully saturated rings. The van der Waals surface area contributed by atoms with Crippen molar-refractivity contribution in [3.05, 3.63) is 29.8 Å². The maximum atomic E-state index is 12.6. The number of nitrogens with zero attached hydrogens (tertiary/aromatic N) is 1. The summed E-state index contributed by atoms with van der Waals surface area (Å²) in [5.41, 5.74) is 0.462. The van der Waals surface area contributed by atoms with Gasteiger partial charge in [0.1, 0.15) is 5.75 Å². The predicted molar refractivity (Wildman–Crippen MR) is 93.2 cm³/mol. The number of ether oxygens (including phenoxy) is 1. The van der Waals surface area contributed by atoms with Gasteiger partial charge in [0.05, 0.1) is 10.5 Å². The fraction of sp³-hybridized carbons (Fsp3) is 0.556. The number of rotatable bonds is 4. The maximum Gasteiger partial charge on any atom is 0.308 e. The average Bonchev–Trinajstić information content (AvgIpc) is 2.54. The predicted octanol–water partition coefficient (Wildman–Crippen LogP) is 2.18. The van der Waals surface area contributed by atoms with Crippen LogP contribution >= 0.6 is 0 Å². The molecule has 0 atom stereocenters. The molecule has 0 unspecified atom stereocenters. The quantitative estimate of drug-likeness (QED) is 0.603. The van der Waals surface area contributed by atoms with Crippen LogP contribution in [0.3, 0.4) is 0 Å². The van der Waals surface area contributed by atoms with Crippen LogP contribution in [-0.4, -0.2) is 48.8 Å². The Bertz CT molecular complexity index is 744. The number of esters is 1. The molecule has 1 saturated carbocycles. The van der Waals surface area contributed by atoms with E-state index in [4.69, 9.17) is 4.74 Å². The molecule has 1 aromatic rings. The third-order valence-corrected chi connectivity index (χ3v) is 7.61. The first-order chi connectivity index (χ1) is 11.9. The van der Waals surface area contributed by atoms with Crippen LogP contribution in [0.15, 0.2) is 24.3 Å². The summed E-state index contributed by atoms with van der Waals surface area (Å²) in [7, 11) is -3.15. The van der Waals surface area contributed by atoms with Crippen molar-refractivity contribution in [1.82, 2.24) is 4.90 Å². The maximum absolute atomic E-state index is 12.6. The molecule has 0 bridgehead atoms. The molecule has 1 amide bonds. The molecule has 0 aromatic heterocycles. The molecule has 136 valence electrons. The van der Waals surface area contributed by atoms with Crippen LogP contribution in [0.2, 0.25) is 0 Å². The standard InChI is InChI=1S/C18H23NO5S/c1-13(20)24-15-9-7-14(8-10-15)18(21)19-11-17(12-19)25(22,23)16-5-3-2-4-6-16/h7-10,16-17H,2-6,11-12H2,1H3. The number of likely N-dealkylation sites (tertiary alicyclic amines) is 1. The first-order valence-corrected chi connectivity index (χ1v) is 10.3. The molecule has 1 aromatic carbocycles. The van der Waals surface area contributed by atoms with Crippen molar-refractivity contribution in [3.63, 3.8) is 0 Å². The Labute approximate surface area is 148 Å². The normalized spacial score (nSPS) is 19.3. The van der Waals surface area contributed by atoms with Gasteiger partial charge in [0.25, 0.3) is 5.91 Å². The Morgan fingerprint density at radius 1 is 1.00 bits per heavy atom. The van der Waals surface area contributed by atoms with Crippen LogP contribution in [-0.2, 0) is 14.6 Å². The molecule has 0 N–H and O–H groups in total. The van der Waals surface area contributed by atoms with Gasteiger partial charge >= 0.3 is 5.97 Å². The second-order valence-electron chi connectivity index (χ2n) is 6.80. The highest BCUT2D eigenvalue weighted by Gasteiger charge is 2.43. The molecule has 1 saturated heterocycles. The monoisotopic (exact) mass is 365 g/mol. The van der Waals surface area contributed by atoms with E-state index in [1.54, 1.807) is 29.2 Å². The number of hydrogen-bond donors (Lipinski definition) is 0. The van der Waals surface area contributed by atoms with Crippen LogP contribution in [0.1, 0.15) is 49.4 Å². The zero-order chi connectivity index (χ0) is 18.0. The number of benzene rings is 1. The SMILES string of the molecule is CC(=O)Oc1ccc(C(=O)N2CC(S(=O)(=O)C3CCCCC3)C2)cc1. The third-order valence-electron chi connectivity index (χ3n) is 4.98. The zero-order valence-electron chi connectivity index (χ0n) is 14.3. The van der Waals surface area contributed by atoms with Crippen molar-refractivity contribution in [2.75, 3.05) is 13.1 Å². The van der Waals surface area contributed by atoms with E-state index in [2.05, 4.69) is 0 Å². The van der Waals surface area contributed by atoms with Gasteiger partial charge in [-0.15, -0.1) is 0 Å². The highest BCUT2D eigenvalue weighted by Crippen LogP contribution is 2.30. The van der Waals surface area contributed by atoms with E-state index in [0.29, 0.717) is 11.3 Å². The minimum Gasteiger partial charge on any atom is -0.427 e. The van der Waals surface area contributed by atoms with Crippen molar-refractivity contribution in [2.45, 2.75) is 49.5 Å². The van der Waals surface area contributed by atoms with Gasteiger partial charge in [0.2, 0.25) is 0 Å². The van der Waals surface area contributed by atoms with Gasteiger partial charge in [-0.05, 0) is 37.1 Å². The van der Waals surface area contributed by atoms with Gasteiger partial charge in [-0.1, -0.05) is 19.3 Å². The topological polar surface area (TPSA) is 80.8 Å². The first-order valence-electron chi connectivity index (χ1n) is 8.68. The molecular weight excluding hydrogens is 342 g/mol. The average molecular weight is 365 g/mol. The Morgan fingerprint density at radius 3 is 2.16 bits per heavy atom. The Kier molecular flexibility index (Phi) is 5.13. The Hall–Kier alpha value is -1.89. The lowest BCUT2D eigenvalue weighted by molar-refractivity contribution is -0.131. The lowest BCUT2D eigenvalue weighted by atomic mass is 10.0. The number of hydrogen-bond acceptors (Lipinski definition) is 5. The summed E-state index contributed by atoms with van der Waals surface area (Å²) in [5, 5.41) is -0.661. The summed E-state index contributed by atoms with van der Waals surface area (Å²) >= 11 is 0. The molecule has 0 radical (unpaired) electrons. The fourth-order valence-corrected chi connectivity index (χ4v) is 5.80. The summed E-state index contributed by atoms with van der Waals surface area (Å²) in [5.74, 6) is -0.229. The van der Waals surface area contributed by atoms with Crippen molar-refractivity contribution in [1.29, 1.82) is 0 Å². The minimum atomic E-state index is -3.15. The van der Waals surface area contributed by atoms with Crippen LogP contribution in [0, 0.1) is 0 Å². The number of carbonyl (C=O) groups is 2. The smallest absolute Gasteiger partial charge is 0.308 e. The summed E-state index contributed by atoms with van der Waals surface area (Å²) in [6.45, 7) is 1.85. The van der Waals surface area contributed by atoms with Gasteiger partial charge in [0, 0.05) is 25.6 Å². The first kappa shape index (κ1) is 17.9. The second-order valence-corrected chi connectivity index (χ2v) is 9.31. The molecule has 3 rings (SSSR count). The lowest BCUT2D eigenvalue weighted by Gasteiger charge is -2.40. The largest absolute Gasteiger partial charge is 0.427 e. The molecule has 1 heterocycles. The summed E-state index contributed by atoms with van der Waals surface area (Å²) < 4.78 is 30.2. The third kappa shape index (κ3) is 3.86. The van der Waals surface area contributed by atoms with Crippen LogP contribution < -0.4 is 4.74 Å². The van der Waals surface area contributed by atoms with E-state index in [-0.39, 0.29) is 24.2 Å². The molecule has 1 aliphatic heterocycles. The van der Waals surface area contributed by atoms with E-state index in [1.165, 1.54) is 6.92 Å². The summed E-state index contributed by atoms with van der Waals surface area (Å²) in [6.07, 6.45) is 4.58. The van der Waals surface area contributed by atoms with Crippen molar-refractivity contribution in [2.24, 2.45) is 0 Å². The summed E-state index contributed by atoms with van der Waals surface area (Å²) in [6, 6.07) is 6.29. The second kappa shape index (κ2) is 7.15. The zero-order valence-corrected chi connectivity index (χ0v) is 15.1. The van der Waals surface area contributed by atoms with E-state index in [0.717, 1.165) is 32.1 Å². The molecule has 1 aliphatic carbocycles. The lowest BCUT2D eigenvalue weighted by Crippen LogP contribution is -2.58. The highest BCUT2D eigenvalue weighted by molar-refractivity contribution is 7.92. The molecular formula is C18H23NO5S. The van der Waals surface area contributed by atoms with E-state index in [1.807, 2.05) is 0 Å². The van der Waals surface area contributed by atoms with Crippen molar-refractivity contribution < 1.29 is 22.7 Å². The van der Waals surface area contributed by atoms with Crippen LogP contribution in [0.25, 0.3) is 0 Å². The van der Waals surface area contributed by atoms with E-state index in [9.17, 15) is 18.0 Å². The highest BCUT2D eigenvalue weighted by atomic mass is 32.2.